The average molecular weight is 292 g/mol. The van der Waals surface area contributed by atoms with E-state index in [9.17, 15) is 19.3 Å². The topological polar surface area (TPSA) is 103 Å². The maximum atomic E-state index is 13.1. The Hall–Kier alpha value is -3.03. The second kappa shape index (κ2) is 5.53. The number of pyridine rings is 1. The maximum absolute atomic E-state index is 13.1. The van der Waals surface area contributed by atoms with Gasteiger partial charge in [0, 0.05) is 12.1 Å². The summed E-state index contributed by atoms with van der Waals surface area (Å²) in [6, 6.07) is 4.76. The fourth-order valence-electron chi connectivity index (χ4n) is 1.60. The van der Waals surface area contributed by atoms with Crippen LogP contribution in [0.5, 0.6) is 11.6 Å². The number of rotatable bonds is 4. The molecule has 1 N–H and O–H groups in total. The maximum Gasteiger partial charge on any atom is 0.342 e. The number of benzene rings is 1. The van der Waals surface area contributed by atoms with Gasteiger partial charge in [-0.2, -0.15) is 0 Å². The highest BCUT2D eigenvalue weighted by Gasteiger charge is 2.22. The lowest BCUT2D eigenvalue weighted by atomic mass is 10.2. The molecule has 2 rings (SSSR count). The monoisotopic (exact) mass is 292 g/mol. The summed E-state index contributed by atoms with van der Waals surface area (Å²) in [4.78, 5) is 24.5. The van der Waals surface area contributed by atoms with E-state index in [2.05, 4.69) is 4.98 Å². The predicted octanol–water partition coefficient (Wildman–Crippen LogP) is 2.93. The number of halogens is 1. The molecule has 0 atom stereocenters. The molecule has 0 amide bonds. The molecule has 108 valence electrons. The molecule has 1 heterocycles. The molecule has 0 radical (unpaired) electrons. The SMILES string of the molecule is Cc1ccc(F)cc1Oc1cc(C(=O)O)c([N+](=O)[O-])cn1. The van der Waals surface area contributed by atoms with Gasteiger partial charge in [0.2, 0.25) is 5.88 Å². The standard InChI is InChI=1S/C13H9FN2O5/c1-7-2-3-8(14)4-11(7)21-12-5-9(13(17)18)10(6-15-12)16(19)20/h2-6H,1H3,(H,17,18). The summed E-state index contributed by atoms with van der Waals surface area (Å²) in [6.45, 7) is 1.66. The Balaban J connectivity index is 2.41. The number of carbonyl (C=O) groups is 1. The summed E-state index contributed by atoms with van der Waals surface area (Å²) >= 11 is 0. The number of ether oxygens (including phenoxy) is 1. The van der Waals surface area contributed by atoms with E-state index < -0.39 is 28.0 Å². The van der Waals surface area contributed by atoms with Crippen molar-refractivity contribution >= 4 is 11.7 Å². The largest absolute Gasteiger partial charge is 0.477 e. The second-order valence-electron chi connectivity index (χ2n) is 4.11. The zero-order chi connectivity index (χ0) is 15.6. The Kier molecular flexibility index (Phi) is 3.79. The molecule has 0 aliphatic carbocycles. The van der Waals surface area contributed by atoms with Crippen molar-refractivity contribution in [2.45, 2.75) is 6.92 Å². The highest BCUT2D eigenvalue weighted by Crippen LogP contribution is 2.27. The molecule has 1 aromatic carbocycles. The zero-order valence-electron chi connectivity index (χ0n) is 10.7. The number of carboxylic acids is 1. The van der Waals surface area contributed by atoms with Crippen LogP contribution in [-0.2, 0) is 0 Å². The van der Waals surface area contributed by atoms with Gasteiger partial charge in [0.15, 0.2) is 0 Å². The van der Waals surface area contributed by atoms with Gasteiger partial charge in [-0.3, -0.25) is 10.1 Å². The minimum Gasteiger partial charge on any atom is -0.477 e. The molecule has 0 aliphatic rings. The summed E-state index contributed by atoms with van der Waals surface area (Å²) in [5.74, 6) is -2.04. The van der Waals surface area contributed by atoms with Crippen LogP contribution >= 0.6 is 0 Å². The molecule has 8 heteroatoms. The fourth-order valence-corrected chi connectivity index (χ4v) is 1.60. The van der Waals surface area contributed by atoms with E-state index in [1.807, 2.05) is 0 Å². The molecule has 0 unspecified atom stereocenters. The van der Waals surface area contributed by atoms with Crippen LogP contribution in [0.2, 0.25) is 0 Å². The number of hydrogen-bond acceptors (Lipinski definition) is 5. The van der Waals surface area contributed by atoms with Crippen LogP contribution in [0.25, 0.3) is 0 Å². The molecule has 1 aromatic heterocycles. The van der Waals surface area contributed by atoms with Gasteiger partial charge < -0.3 is 9.84 Å². The third-order valence-corrected chi connectivity index (χ3v) is 2.65. The van der Waals surface area contributed by atoms with Crippen LogP contribution in [0.15, 0.2) is 30.5 Å². The summed E-state index contributed by atoms with van der Waals surface area (Å²) in [6.07, 6.45) is 0.785. The van der Waals surface area contributed by atoms with E-state index >= 15 is 0 Å². The van der Waals surface area contributed by atoms with Crippen molar-refractivity contribution in [3.63, 3.8) is 0 Å². The number of aromatic nitrogens is 1. The third kappa shape index (κ3) is 3.11. The molecular weight excluding hydrogens is 283 g/mol. The first-order valence-corrected chi connectivity index (χ1v) is 5.70. The lowest BCUT2D eigenvalue weighted by molar-refractivity contribution is -0.385. The number of hydrogen-bond donors (Lipinski definition) is 1. The molecule has 21 heavy (non-hydrogen) atoms. The van der Waals surface area contributed by atoms with E-state index in [1.165, 1.54) is 12.1 Å². The van der Waals surface area contributed by atoms with Crippen LogP contribution in [-0.4, -0.2) is 21.0 Å². The van der Waals surface area contributed by atoms with Gasteiger partial charge in [-0.15, -0.1) is 0 Å². The van der Waals surface area contributed by atoms with Crippen molar-refractivity contribution in [2.75, 3.05) is 0 Å². The Morgan fingerprint density at radius 3 is 2.76 bits per heavy atom. The van der Waals surface area contributed by atoms with Gasteiger partial charge in [0.1, 0.15) is 23.3 Å². The predicted molar refractivity (Wildman–Crippen MR) is 69.1 cm³/mol. The first-order valence-electron chi connectivity index (χ1n) is 5.70. The first-order chi connectivity index (χ1) is 9.88. The van der Waals surface area contributed by atoms with Crippen molar-refractivity contribution in [3.05, 3.63) is 57.5 Å². The van der Waals surface area contributed by atoms with Crippen LogP contribution in [0.4, 0.5) is 10.1 Å². The van der Waals surface area contributed by atoms with Gasteiger partial charge in [0.05, 0.1) is 4.92 Å². The molecule has 0 saturated heterocycles. The van der Waals surface area contributed by atoms with E-state index in [0.717, 1.165) is 18.3 Å². The molecule has 0 aliphatic heterocycles. The Labute approximate surface area is 117 Å². The number of nitrogens with zero attached hydrogens (tertiary/aromatic N) is 2. The summed E-state index contributed by atoms with van der Waals surface area (Å²) in [5.41, 5.74) is -0.599. The van der Waals surface area contributed by atoms with E-state index in [0.29, 0.717) is 5.56 Å². The van der Waals surface area contributed by atoms with Gasteiger partial charge in [-0.25, -0.2) is 14.2 Å². The number of aryl methyl sites for hydroxylation is 1. The highest BCUT2D eigenvalue weighted by atomic mass is 19.1. The Bertz CT molecular complexity index is 732. The van der Waals surface area contributed by atoms with Gasteiger partial charge in [0.25, 0.3) is 0 Å². The van der Waals surface area contributed by atoms with Crippen LogP contribution < -0.4 is 4.74 Å². The van der Waals surface area contributed by atoms with Crippen molar-refractivity contribution < 1.29 is 24.0 Å². The average Bonchev–Trinajstić information content (AvgIpc) is 2.42. The van der Waals surface area contributed by atoms with Crippen LogP contribution in [0, 0.1) is 22.9 Å². The molecule has 0 saturated carbocycles. The van der Waals surface area contributed by atoms with Crippen molar-refractivity contribution in [1.29, 1.82) is 0 Å². The fraction of sp³-hybridized carbons (Fsp3) is 0.0769. The van der Waals surface area contributed by atoms with E-state index in [4.69, 9.17) is 9.84 Å². The molecule has 0 bridgehead atoms. The lowest BCUT2D eigenvalue weighted by Crippen LogP contribution is -2.04. The van der Waals surface area contributed by atoms with Gasteiger partial charge in [-0.1, -0.05) is 6.07 Å². The molecule has 2 aromatic rings. The number of aromatic carboxylic acids is 1. The molecule has 7 nitrogen and oxygen atoms in total. The minimum absolute atomic E-state index is 0.146. The highest BCUT2D eigenvalue weighted by molar-refractivity contribution is 5.92. The quantitative estimate of drug-likeness (QED) is 0.686. The smallest absolute Gasteiger partial charge is 0.342 e. The van der Waals surface area contributed by atoms with Crippen molar-refractivity contribution in [3.8, 4) is 11.6 Å². The number of nitro groups is 1. The van der Waals surface area contributed by atoms with Crippen LogP contribution in [0.1, 0.15) is 15.9 Å². The summed E-state index contributed by atoms with van der Waals surface area (Å²) < 4.78 is 18.4. The number of carboxylic acid groups (broad SMARTS) is 1. The Morgan fingerprint density at radius 1 is 1.43 bits per heavy atom. The van der Waals surface area contributed by atoms with E-state index in [1.54, 1.807) is 6.92 Å². The lowest BCUT2D eigenvalue weighted by Gasteiger charge is -2.08. The van der Waals surface area contributed by atoms with Gasteiger partial charge in [-0.05, 0) is 18.6 Å². The van der Waals surface area contributed by atoms with Crippen molar-refractivity contribution in [2.24, 2.45) is 0 Å². The zero-order valence-corrected chi connectivity index (χ0v) is 10.7. The first kappa shape index (κ1) is 14.4. The van der Waals surface area contributed by atoms with Crippen molar-refractivity contribution in [1.82, 2.24) is 4.98 Å². The summed E-state index contributed by atoms with van der Waals surface area (Å²) in [5, 5.41) is 19.7. The second-order valence-corrected chi connectivity index (χ2v) is 4.11. The Morgan fingerprint density at radius 2 is 2.14 bits per heavy atom. The third-order valence-electron chi connectivity index (χ3n) is 2.65. The molecular formula is C13H9FN2O5. The molecule has 0 spiro atoms. The van der Waals surface area contributed by atoms with Gasteiger partial charge >= 0.3 is 11.7 Å². The normalized spacial score (nSPS) is 10.2. The summed E-state index contributed by atoms with van der Waals surface area (Å²) in [7, 11) is 0. The molecule has 0 fully saturated rings. The van der Waals surface area contributed by atoms with E-state index in [-0.39, 0.29) is 11.6 Å². The van der Waals surface area contributed by atoms with Crippen LogP contribution in [0.3, 0.4) is 0 Å². The minimum atomic E-state index is -1.48.